The molecule has 2 heterocycles. The molecule has 0 aliphatic carbocycles. The summed E-state index contributed by atoms with van der Waals surface area (Å²) >= 11 is 1.44. The summed E-state index contributed by atoms with van der Waals surface area (Å²) in [6.07, 6.45) is 0.910. The molecular weight excluding hydrogens is 236 g/mol. The Hall–Kier alpha value is -1.75. The SMILES string of the molecule is Nc1nc(-c2ccc3c(c2)OCCCO3)cs1. The minimum Gasteiger partial charge on any atom is -0.490 e. The number of thiazole rings is 1. The van der Waals surface area contributed by atoms with Gasteiger partial charge in [0.2, 0.25) is 0 Å². The lowest BCUT2D eigenvalue weighted by Crippen LogP contribution is -1.97. The predicted molar refractivity (Wildman–Crippen MR) is 67.6 cm³/mol. The van der Waals surface area contributed by atoms with Crippen LogP contribution in [0.2, 0.25) is 0 Å². The Bertz CT molecular complexity index is 539. The number of hydrogen-bond donors (Lipinski definition) is 1. The maximum absolute atomic E-state index is 5.64. The van der Waals surface area contributed by atoms with Gasteiger partial charge in [0.05, 0.1) is 18.9 Å². The zero-order valence-electron chi connectivity index (χ0n) is 9.18. The molecule has 2 N–H and O–H groups in total. The number of nitrogens with two attached hydrogens (primary N) is 1. The van der Waals surface area contributed by atoms with Gasteiger partial charge in [-0.2, -0.15) is 0 Å². The lowest BCUT2D eigenvalue weighted by atomic mass is 10.1. The highest BCUT2D eigenvalue weighted by Gasteiger charge is 2.12. The largest absolute Gasteiger partial charge is 0.490 e. The number of ether oxygens (including phenoxy) is 2. The number of nitrogens with zero attached hydrogens (tertiary/aromatic N) is 1. The van der Waals surface area contributed by atoms with Crippen LogP contribution in [0.3, 0.4) is 0 Å². The van der Waals surface area contributed by atoms with Crippen LogP contribution < -0.4 is 15.2 Å². The first-order valence-electron chi connectivity index (χ1n) is 5.44. The second kappa shape index (κ2) is 4.25. The van der Waals surface area contributed by atoms with E-state index in [-0.39, 0.29) is 0 Å². The average molecular weight is 248 g/mol. The summed E-state index contributed by atoms with van der Waals surface area (Å²) in [6, 6.07) is 5.85. The van der Waals surface area contributed by atoms with Crippen LogP contribution in [-0.4, -0.2) is 18.2 Å². The van der Waals surface area contributed by atoms with Gasteiger partial charge >= 0.3 is 0 Å². The van der Waals surface area contributed by atoms with Gasteiger partial charge < -0.3 is 15.2 Å². The molecule has 0 atom stereocenters. The summed E-state index contributed by atoms with van der Waals surface area (Å²) in [6.45, 7) is 1.39. The Morgan fingerprint density at radius 1 is 1.18 bits per heavy atom. The van der Waals surface area contributed by atoms with E-state index in [4.69, 9.17) is 15.2 Å². The van der Waals surface area contributed by atoms with E-state index in [1.54, 1.807) is 0 Å². The molecule has 1 aromatic heterocycles. The molecule has 0 saturated heterocycles. The van der Waals surface area contributed by atoms with Gasteiger partial charge in [-0.1, -0.05) is 0 Å². The molecule has 0 spiro atoms. The first-order valence-corrected chi connectivity index (χ1v) is 6.32. The molecule has 88 valence electrons. The number of benzene rings is 1. The van der Waals surface area contributed by atoms with Gasteiger partial charge in [-0.15, -0.1) is 11.3 Å². The fourth-order valence-electron chi connectivity index (χ4n) is 1.74. The van der Waals surface area contributed by atoms with Crippen molar-refractivity contribution in [3.8, 4) is 22.8 Å². The van der Waals surface area contributed by atoms with Crippen molar-refractivity contribution in [3.05, 3.63) is 23.6 Å². The van der Waals surface area contributed by atoms with Crippen molar-refractivity contribution in [1.29, 1.82) is 0 Å². The molecule has 0 bridgehead atoms. The highest BCUT2D eigenvalue weighted by Crippen LogP contribution is 2.34. The molecule has 3 rings (SSSR count). The number of hydrogen-bond acceptors (Lipinski definition) is 5. The van der Waals surface area contributed by atoms with Gasteiger partial charge in [0.1, 0.15) is 0 Å². The Kier molecular flexibility index (Phi) is 2.60. The monoisotopic (exact) mass is 248 g/mol. The maximum atomic E-state index is 5.64. The minimum atomic E-state index is 0.576. The predicted octanol–water partition coefficient (Wildman–Crippen LogP) is 2.55. The first-order chi connectivity index (χ1) is 8.33. The van der Waals surface area contributed by atoms with E-state index >= 15 is 0 Å². The van der Waals surface area contributed by atoms with Gasteiger partial charge in [0.15, 0.2) is 16.6 Å². The molecule has 1 aliphatic rings. The van der Waals surface area contributed by atoms with Crippen molar-refractivity contribution in [1.82, 2.24) is 4.98 Å². The van der Waals surface area contributed by atoms with Crippen LogP contribution in [-0.2, 0) is 0 Å². The number of aromatic nitrogens is 1. The molecule has 4 nitrogen and oxygen atoms in total. The molecule has 1 aliphatic heterocycles. The van der Waals surface area contributed by atoms with E-state index < -0.39 is 0 Å². The topological polar surface area (TPSA) is 57.4 Å². The molecule has 0 unspecified atom stereocenters. The fraction of sp³-hybridized carbons (Fsp3) is 0.250. The molecular formula is C12H12N2O2S. The van der Waals surface area contributed by atoms with Gasteiger partial charge in [0, 0.05) is 17.4 Å². The van der Waals surface area contributed by atoms with Crippen LogP contribution in [0, 0.1) is 0 Å². The van der Waals surface area contributed by atoms with Crippen LogP contribution in [0.5, 0.6) is 11.5 Å². The number of nitrogen functional groups attached to an aromatic ring is 1. The summed E-state index contributed by atoms with van der Waals surface area (Å²) in [4.78, 5) is 4.25. The Morgan fingerprint density at radius 3 is 2.76 bits per heavy atom. The molecule has 5 heteroatoms. The smallest absolute Gasteiger partial charge is 0.180 e. The summed E-state index contributed by atoms with van der Waals surface area (Å²) < 4.78 is 11.2. The molecule has 0 fully saturated rings. The van der Waals surface area contributed by atoms with E-state index in [9.17, 15) is 0 Å². The molecule has 0 radical (unpaired) electrons. The van der Waals surface area contributed by atoms with Crippen LogP contribution in [0.25, 0.3) is 11.3 Å². The molecule has 2 aromatic rings. The Balaban J connectivity index is 2.00. The zero-order chi connectivity index (χ0) is 11.7. The lowest BCUT2D eigenvalue weighted by Gasteiger charge is -2.07. The van der Waals surface area contributed by atoms with E-state index in [0.29, 0.717) is 18.3 Å². The van der Waals surface area contributed by atoms with Gasteiger partial charge in [-0.25, -0.2) is 4.98 Å². The van der Waals surface area contributed by atoms with Crippen molar-refractivity contribution in [3.63, 3.8) is 0 Å². The van der Waals surface area contributed by atoms with Crippen LogP contribution in [0.4, 0.5) is 5.13 Å². The van der Waals surface area contributed by atoms with Gasteiger partial charge in [-0.3, -0.25) is 0 Å². The second-order valence-corrected chi connectivity index (χ2v) is 4.67. The minimum absolute atomic E-state index is 0.576. The Morgan fingerprint density at radius 2 is 2.00 bits per heavy atom. The number of rotatable bonds is 1. The van der Waals surface area contributed by atoms with E-state index in [1.165, 1.54) is 11.3 Å². The highest BCUT2D eigenvalue weighted by molar-refractivity contribution is 7.13. The van der Waals surface area contributed by atoms with Crippen LogP contribution in [0.15, 0.2) is 23.6 Å². The maximum Gasteiger partial charge on any atom is 0.180 e. The van der Waals surface area contributed by atoms with Crippen LogP contribution >= 0.6 is 11.3 Å². The van der Waals surface area contributed by atoms with Gasteiger partial charge in [-0.05, 0) is 18.2 Å². The van der Waals surface area contributed by atoms with Crippen molar-refractivity contribution >= 4 is 16.5 Å². The second-order valence-electron chi connectivity index (χ2n) is 3.78. The normalized spacial score (nSPS) is 14.4. The lowest BCUT2D eigenvalue weighted by molar-refractivity contribution is 0.297. The first kappa shape index (κ1) is 10.4. The average Bonchev–Trinajstić information content (AvgIpc) is 2.64. The van der Waals surface area contributed by atoms with Gasteiger partial charge in [0.25, 0.3) is 0 Å². The highest BCUT2D eigenvalue weighted by atomic mass is 32.1. The summed E-state index contributed by atoms with van der Waals surface area (Å²) in [5.74, 6) is 1.58. The van der Waals surface area contributed by atoms with E-state index in [2.05, 4.69) is 4.98 Å². The fourth-order valence-corrected chi connectivity index (χ4v) is 2.32. The molecule has 17 heavy (non-hydrogen) atoms. The van der Waals surface area contributed by atoms with Crippen molar-refractivity contribution in [2.24, 2.45) is 0 Å². The third-order valence-electron chi connectivity index (χ3n) is 2.57. The van der Waals surface area contributed by atoms with Crippen molar-refractivity contribution < 1.29 is 9.47 Å². The number of anilines is 1. The third kappa shape index (κ3) is 2.06. The number of fused-ring (bicyclic) bond motifs is 1. The van der Waals surface area contributed by atoms with Crippen molar-refractivity contribution in [2.45, 2.75) is 6.42 Å². The molecule has 1 aromatic carbocycles. The van der Waals surface area contributed by atoms with E-state index in [0.717, 1.165) is 29.2 Å². The van der Waals surface area contributed by atoms with Crippen LogP contribution in [0.1, 0.15) is 6.42 Å². The summed E-state index contributed by atoms with van der Waals surface area (Å²) in [7, 11) is 0. The molecule has 0 amide bonds. The standard InChI is InChI=1S/C12H12N2O2S/c13-12-14-9(7-17-12)8-2-3-10-11(6-8)16-5-1-4-15-10/h2-3,6-7H,1,4-5H2,(H2,13,14). The third-order valence-corrected chi connectivity index (χ3v) is 3.24. The zero-order valence-corrected chi connectivity index (χ0v) is 10.00. The quantitative estimate of drug-likeness (QED) is 0.842. The van der Waals surface area contributed by atoms with Crippen molar-refractivity contribution in [2.75, 3.05) is 18.9 Å². The summed E-state index contributed by atoms with van der Waals surface area (Å²) in [5, 5.41) is 2.52. The van der Waals surface area contributed by atoms with E-state index in [1.807, 2.05) is 23.6 Å². The summed E-state index contributed by atoms with van der Waals surface area (Å²) in [5.41, 5.74) is 7.51. The Labute approximate surface area is 103 Å². The molecule has 0 saturated carbocycles.